The summed E-state index contributed by atoms with van der Waals surface area (Å²) in [6.07, 6.45) is -0.690. The molecule has 0 amide bonds. The highest BCUT2D eigenvalue weighted by atomic mass is 19.1. The van der Waals surface area contributed by atoms with Crippen molar-refractivity contribution in [2.45, 2.75) is 31.3 Å². The smallest absolute Gasteiger partial charge is 0.291 e. The highest BCUT2D eigenvalue weighted by Crippen LogP contribution is 2.37. The molecule has 1 aliphatic heterocycles. The maximum Gasteiger partial charge on any atom is 0.291 e. The molecule has 0 aliphatic carbocycles. The molecule has 8 heteroatoms. The van der Waals surface area contributed by atoms with Gasteiger partial charge in [-0.3, -0.25) is 9.78 Å². The minimum atomic E-state index is -1.08. The maximum absolute atomic E-state index is 13.2. The quantitative estimate of drug-likeness (QED) is 0.668. The van der Waals surface area contributed by atoms with E-state index in [0.29, 0.717) is 0 Å². The van der Waals surface area contributed by atoms with Crippen LogP contribution in [0.2, 0.25) is 0 Å². The van der Waals surface area contributed by atoms with Crippen LogP contribution in [0.3, 0.4) is 0 Å². The molecule has 3 rings (SSSR count). The molecule has 0 spiro atoms. The van der Waals surface area contributed by atoms with Gasteiger partial charge >= 0.3 is 0 Å². The van der Waals surface area contributed by atoms with Crippen molar-refractivity contribution in [3.8, 4) is 0 Å². The summed E-state index contributed by atoms with van der Waals surface area (Å²) in [5.74, 6) is 0. The molecule has 7 nitrogen and oxygen atoms in total. The number of aliphatic hydroxyl groups is 2. The first-order valence-electron chi connectivity index (χ1n) is 6.18. The van der Waals surface area contributed by atoms with E-state index in [1.165, 1.54) is 10.6 Å². The second-order valence-corrected chi connectivity index (χ2v) is 5.11. The van der Waals surface area contributed by atoms with E-state index in [0.717, 1.165) is 0 Å². The van der Waals surface area contributed by atoms with Crippen molar-refractivity contribution >= 4 is 11.0 Å². The van der Waals surface area contributed by atoms with E-state index in [9.17, 15) is 19.4 Å². The lowest BCUT2D eigenvalue weighted by Crippen LogP contribution is -2.39. The van der Waals surface area contributed by atoms with E-state index < -0.39 is 29.6 Å². The Balaban J connectivity index is 2.06. The number of hydrogen-bond donors (Lipinski definition) is 3. The summed E-state index contributed by atoms with van der Waals surface area (Å²) < 4.78 is 20.3. The van der Waals surface area contributed by atoms with Crippen LogP contribution in [-0.4, -0.2) is 43.1 Å². The number of aliphatic hydroxyl groups excluding tert-OH is 2. The van der Waals surface area contributed by atoms with Gasteiger partial charge in [0, 0.05) is 12.6 Å². The highest BCUT2D eigenvalue weighted by Gasteiger charge is 2.45. The monoisotopic (exact) mass is 283 g/mol. The minimum absolute atomic E-state index is 0.144. The molecule has 2 aromatic heterocycles. The van der Waals surface area contributed by atoms with Crippen molar-refractivity contribution in [2.24, 2.45) is 0 Å². The van der Waals surface area contributed by atoms with Crippen LogP contribution in [0.1, 0.15) is 19.6 Å². The summed E-state index contributed by atoms with van der Waals surface area (Å²) in [5.41, 5.74) is -1.51. The number of rotatable bonds is 2. The van der Waals surface area contributed by atoms with Gasteiger partial charge < -0.3 is 19.5 Å². The third kappa shape index (κ3) is 1.84. The molecule has 108 valence electrons. The van der Waals surface area contributed by atoms with Gasteiger partial charge in [0.25, 0.3) is 11.6 Å². The van der Waals surface area contributed by atoms with Crippen molar-refractivity contribution in [2.75, 3.05) is 6.61 Å². The summed E-state index contributed by atoms with van der Waals surface area (Å²) in [6.45, 7) is 1.25. The predicted molar refractivity (Wildman–Crippen MR) is 66.5 cm³/mol. The van der Waals surface area contributed by atoms with Gasteiger partial charge in [0.05, 0.1) is 18.1 Å². The number of nitrogens with one attached hydrogen (secondary N) is 1. The number of aromatic nitrogens is 3. The fourth-order valence-corrected chi connectivity index (χ4v) is 2.44. The SMILES string of the molecule is C[C@]1(CO)O[C@@H](n2ccc3c(=O)[nH]c(F)nc32)C[C@@H]1O. The summed E-state index contributed by atoms with van der Waals surface area (Å²) in [6, 6.07) is 1.50. The molecule has 1 saturated heterocycles. The molecule has 3 heterocycles. The molecule has 0 saturated carbocycles. The van der Waals surface area contributed by atoms with Crippen molar-refractivity contribution < 1.29 is 19.3 Å². The molecule has 0 radical (unpaired) electrons. The van der Waals surface area contributed by atoms with Crippen LogP contribution in [-0.2, 0) is 4.74 Å². The van der Waals surface area contributed by atoms with Gasteiger partial charge in [-0.1, -0.05) is 0 Å². The number of nitrogens with zero attached hydrogens (tertiary/aromatic N) is 2. The lowest BCUT2D eigenvalue weighted by molar-refractivity contribution is -0.115. The summed E-state index contributed by atoms with van der Waals surface area (Å²) >= 11 is 0. The molecule has 0 unspecified atom stereocenters. The van der Waals surface area contributed by atoms with Gasteiger partial charge in [-0.15, -0.1) is 0 Å². The second kappa shape index (κ2) is 4.37. The van der Waals surface area contributed by atoms with Crippen molar-refractivity contribution in [3.05, 3.63) is 28.7 Å². The molecular weight excluding hydrogens is 269 g/mol. The third-order valence-corrected chi connectivity index (χ3v) is 3.71. The number of hydrogen-bond acceptors (Lipinski definition) is 5. The average molecular weight is 283 g/mol. The largest absolute Gasteiger partial charge is 0.393 e. The Morgan fingerprint density at radius 1 is 1.70 bits per heavy atom. The van der Waals surface area contributed by atoms with Gasteiger partial charge in [0.1, 0.15) is 11.8 Å². The van der Waals surface area contributed by atoms with Crippen LogP contribution in [0, 0.1) is 6.08 Å². The second-order valence-electron chi connectivity index (χ2n) is 5.11. The Kier molecular flexibility index (Phi) is 2.89. The Labute approximate surface area is 112 Å². The molecule has 1 aliphatic rings. The summed E-state index contributed by atoms with van der Waals surface area (Å²) in [5, 5.41) is 19.5. The highest BCUT2D eigenvalue weighted by molar-refractivity contribution is 5.74. The first-order chi connectivity index (χ1) is 9.44. The fourth-order valence-electron chi connectivity index (χ4n) is 2.44. The normalized spacial score (nSPS) is 30.2. The number of halogens is 1. The van der Waals surface area contributed by atoms with E-state index >= 15 is 0 Å². The lowest BCUT2D eigenvalue weighted by Gasteiger charge is -2.25. The standard InChI is InChI=1S/C12H14FN3O4/c1-12(5-17)7(18)4-8(20-12)16-3-2-6-9(16)14-11(13)15-10(6)19/h2-3,7-8,17-18H,4-5H2,1H3,(H,14,15,19)/t7-,8+,12+/m0/s1. The molecule has 0 aromatic carbocycles. The Morgan fingerprint density at radius 2 is 2.45 bits per heavy atom. The van der Waals surface area contributed by atoms with Crippen LogP contribution in [0.15, 0.2) is 17.1 Å². The van der Waals surface area contributed by atoms with Gasteiger partial charge in [-0.2, -0.15) is 9.37 Å². The van der Waals surface area contributed by atoms with E-state index in [2.05, 4.69) is 4.98 Å². The van der Waals surface area contributed by atoms with Gasteiger partial charge in [-0.05, 0) is 13.0 Å². The summed E-state index contributed by atoms with van der Waals surface area (Å²) in [7, 11) is 0. The zero-order valence-electron chi connectivity index (χ0n) is 10.7. The molecule has 3 N–H and O–H groups in total. The van der Waals surface area contributed by atoms with E-state index in [4.69, 9.17) is 4.74 Å². The van der Waals surface area contributed by atoms with Crippen LogP contribution in [0.5, 0.6) is 0 Å². The molecule has 20 heavy (non-hydrogen) atoms. The van der Waals surface area contributed by atoms with Crippen molar-refractivity contribution in [3.63, 3.8) is 0 Å². The van der Waals surface area contributed by atoms with E-state index in [-0.39, 0.29) is 24.1 Å². The third-order valence-electron chi connectivity index (χ3n) is 3.71. The molecular formula is C12H14FN3O4. The topological polar surface area (TPSA) is 100 Å². The van der Waals surface area contributed by atoms with Gasteiger partial charge in [-0.25, -0.2) is 0 Å². The Hall–Kier alpha value is -1.77. The molecule has 3 atom stereocenters. The van der Waals surface area contributed by atoms with Crippen LogP contribution >= 0.6 is 0 Å². The van der Waals surface area contributed by atoms with Crippen LogP contribution in [0.4, 0.5) is 4.39 Å². The van der Waals surface area contributed by atoms with Crippen LogP contribution in [0.25, 0.3) is 11.0 Å². The predicted octanol–water partition coefficient (Wildman–Crippen LogP) is -0.106. The first kappa shape index (κ1) is 13.2. The van der Waals surface area contributed by atoms with Gasteiger partial charge in [0.2, 0.25) is 0 Å². The molecule has 0 bridgehead atoms. The Morgan fingerprint density at radius 3 is 3.10 bits per heavy atom. The Bertz CT molecular complexity index is 712. The average Bonchev–Trinajstić information content (AvgIpc) is 2.92. The zero-order valence-corrected chi connectivity index (χ0v) is 10.7. The first-order valence-corrected chi connectivity index (χ1v) is 6.18. The minimum Gasteiger partial charge on any atom is -0.393 e. The maximum atomic E-state index is 13.2. The lowest BCUT2D eigenvalue weighted by atomic mass is 10.0. The number of aromatic amines is 1. The number of fused-ring (bicyclic) bond motifs is 1. The van der Waals surface area contributed by atoms with E-state index in [1.807, 2.05) is 4.98 Å². The zero-order chi connectivity index (χ0) is 14.5. The fraction of sp³-hybridized carbons (Fsp3) is 0.500. The number of ether oxygens (including phenoxy) is 1. The molecule has 1 fully saturated rings. The van der Waals surface area contributed by atoms with Gasteiger partial charge in [0.15, 0.2) is 5.65 Å². The van der Waals surface area contributed by atoms with Crippen molar-refractivity contribution in [1.29, 1.82) is 0 Å². The molecule has 2 aromatic rings. The van der Waals surface area contributed by atoms with Crippen LogP contribution < -0.4 is 5.56 Å². The van der Waals surface area contributed by atoms with Crippen molar-refractivity contribution in [1.82, 2.24) is 14.5 Å². The summed E-state index contributed by atoms with van der Waals surface area (Å²) in [4.78, 5) is 17.2. The van der Waals surface area contributed by atoms with E-state index in [1.54, 1.807) is 13.1 Å². The number of H-pyrrole nitrogens is 1.